The molecule has 0 radical (unpaired) electrons. The molecule has 0 bridgehead atoms. The molecule has 0 saturated carbocycles. The summed E-state index contributed by atoms with van der Waals surface area (Å²) in [5, 5.41) is 0. The molecule has 2 aromatic rings. The number of amides is 1. The number of likely N-dealkylation sites (tertiary alicyclic amines) is 1. The molecule has 1 unspecified atom stereocenters. The van der Waals surface area contributed by atoms with Crippen LogP contribution in [0.15, 0.2) is 54.6 Å². The molecule has 0 aromatic heterocycles. The molecule has 1 heterocycles. The van der Waals surface area contributed by atoms with E-state index in [1.807, 2.05) is 39.0 Å². The average Bonchev–Trinajstić information content (AvgIpc) is 3.08. The highest BCUT2D eigenvalue weighted by Crippen LogP contribution is 2.30. The summed E-state index contributed by atoms with van der Waals surface area (Å²) in [5.74, 6) is 0.880. The number of nitrogens with zero attached hydrogens (tertiary/aromatic N) is 1. The predicted octanol–water partition coefficient (Wildman–Crippen LogP) is 5.98. The molecule has 1 aliphatic rings. The van der Waals surface area contributed by atoms with Gasteiger partial charge in [-0.3, -0.25) is 0 Å². The maximum Gasteiger partial charge on any atom is 0.516 e. The molecule has 3 rings (SSSR count). The molecular weight excluding hydrogens is 374 g/mol. The van der Waals surface area contributed by atoms with E-state index >= 15 is 0 Å². The summed E-state index contributed by atoms with van der Waals surface area (Å²) < 4.78 is 12.2. The first kappa shape index (κ1) is 22.4. The molecule has 4 heteroatoms. The Kier molecular flexibility index (Phi) is 7.19. The number of hydrogen-bond acceptors (Lipinski definition) is 3. The molecule has 0 spiro atoms. The van der Waals surface area contributed by atoms with Gasteiger partial charge in [0.1, 0.15) is 11.4 Å². The van der Waals surface area contributed by atoms with Crippen molar-refractivity contribution in [1.82, 2.24) is 0 Å². The lowest BCUT2D eigenvalue weighted by molar-refractivity contribution is -0.868. The van der Waals surface area contributed by atoms with Crippen LogP contribution in [0.25, 0.3) is 0 Å². The fourth-order valence-electron chi connectivity index (χ4n) is 4.26. The van der Waals surface area contributed by atoms with E-state index in [4.69, 9.17) is 9.47 Å². The van der Waals surface area contributed by atoms with Crippen molar-refractivity contribution in [2.75, 3.05) is 19.7 Å². The Morgan fingerprint density at radius 3 is 2.30 bits per heavy atom. The molecule has 162 valence electrons. The van der Waals surface area contributed by atoms with Crippen molar-refractivity contribution >= 4 is 6.09 Å². The smallest absolute Gasteiger partial charge is 0.493 e. The number of rotatable bonds is 7. The van der Waals surface area contributed by atoms with Gasteiger partial charge < -0.3 is 9.47 Å². The number of hydrogen-bond donors (Lipinski definition) is 0. The first-order chi connectivity index (χ1) is 14.3. The summed E-state index contributed by atoms with van der Waals surface area (Å²) in [6, 6.07) is 19.1. The lowest BCUT2D eigenvalue weighted by Gasteiger charge is -2.36. The van der Waals surface area contributed by atoms with E-state index in [1.54, 1.807) is 0 Å². The monoisotopic (exact) mass is 410 g/mol. The Hall–Kier alpha value is -2.33. The molecular formula is C26H36NO3+. The van der Waals surface area contributed by atoms with E-state index in [1.165, 1.54) is 11.1 Å². The molecule has 0 aliphatic carbocycles. The van der Waals surface area contributed by atoms with Gasteiger partial charge in [0.05, 0.1) is 25.7 Å². The summed E-state index contributed by atoms with van der Waals surface area (Å²) >= 11 is 0. The van der Waals surface area contributed by atoms with E-state index in [0.29, 0.717) is 17.1 Å². The van der Waals surface area contributed by atoms with E-state index in [2.05, 4.69) is 43.3 Å². The zero-order valence-electron chi connectivity index (χ0n) is 18.9. The fraction of sp³-hybridized carbons (Fsp3) is 0.500. The second kappa shape index (κ2) is 9.65. The first-order valence-electron chi connectivity index (χ1n) is 11.1. The van der Waals surface area contributed by atoms with Gasteiger partial charge in [0.2, 0.25) is 0 Å². The van der Waals surface area contributed by atoms with Crippen LogP contribution in [-0.2, 0) is 11.2 Å². The number of benzene rings is 2. The van der Waals surface area contributed by atoms with Gasteiger partial charge in [0, 0.05) is 19.3 Å². The van der Waals surface area contributed by atoms with Crippen LogP contribution in [0.1, 0.15) is 58.1 Å². The van der Waals surface area contributed by atoms with Crippen molar-refractivity contribution in [3.05, 3.63) is 65.7 Å². The van der Waals surface area contributed by atoms with Gasteiger partial charge in [0.15, 0.2) is 0 Å². The van der Waals surface area contributed by atoms with Crippen molar-refractivity contribution in [1.29, 1.82) is 0 Å². The van der Waals surface area contributed by atoms with E-state index in [9.17, 15) is 4.79 Å². The zero-order valence-corrected chi connectivity index (χ0v) is 18.9. The third kappa shape index (κ3) is 5.85. The highest BCUT2D eigenvalue weighted by Gasteiger charge is 2.48. The Morgan fingerprint density at radius 2 is 1.70 bits per heavy atom. The average molecular weight is 411 g/mol. The lowest BCUT2D eigenvalue weighted by Crippen LogP contribution is -2.57. The van der Waals surface area contributed by atoms with Crippen molar-refractivity contribution in [3.63, 3.8) is 0 Å². The predicted molar refractivity (Wildman–Crippen MR) is 121 cm³/mol. The minimum absolute atomic E-state index is 0.0854. The van der Waals surface area contributed by atoms with E-state index < -0.39 is 5.60 Å². The molecule has 1 saturated heterocycles. The van der Waals surface area contributed by atoms with E-state index in [0.717, 1.165) is 44.5 Å². The second-order valence-electron chi connectivity index (χ2n) is 9.46. The molecule has 30 heavy (non-hydrogen) atoms. The Labute approximate surface area is 181 Å². The summed E-state index contributed by atoms with van der Waals surface area (Å²) in [4.78, 5) is 13.0. The van der Waals surface area contributed by atoms with Crippen molar-refractivity contribution in [2.45, 2.75) is 65.0 Å². The van der Waals surface area contributed by atoms with Crippen LogP contribution in [0.2, 0.25) is 0 Å². The Balaban J connectivity index is 1.51. The summed E-state index contributed by atoms with van der Waals surface area (Å²) in [6.45, 7) is 10.2. The molecule has 2 aromatic carbocycles. The first-order valence-corrected chi connectivity index (χ1v) is 11.1. The van der Waals surface area contributed by atoms with Crippen LogP contribution in [0.4, 0.5) is 4.79 Å². The molecule has 4 nitrogen and oxygen atoms in total. The second-order valence-corrected chi connectivity index (χ2v) is 9.46. The normalized spacial score (nSPS) is 21.4. The standard InChI is InChI=1S/C26H36NO3/c1-21-10-8-17-27(21,25(28)30-26(2,3)4)18-9-19-29-24-15-13-23(14-16-24)20-22-11-6-5-7-12-22/h5-7,11-16,21H,8-10,17-20H2,1-4H3/q+1/t21-,27?/m1/s1. The molecule has 0 N–H and O–H groups in total. The number of carbonyl (C=O) groups excluding carboxylic acids is 1. The highest BCUT2D eigenvalue weighted by atomic mass is 16.6. The Bertz CT molecular complexity index is 810. The maximum absolute atomic E-state index is 13.0. The topological polar surface area (TPSA) is 35.5 Å². The highest BCUT2D eigenvalue weighted by molar-refractivity contribution is 5.60. The number of ether oxygens (including phenoxy) is 2. The van der Waals surface area contributed by atoms with Crippen LogP contribution in [0.3, 0.4) is 0 Å². The van der Waals surface area contributed by atoms with Crippen LogP contribution < -0.4 is 4.74 Å². The van der Waals surface area contributed by atoms with Gasteiger partial charge in [-0.05, 0) is 57.4 Å². The lowest BCUT2D eigenvalue weighted by atomic mass is 10.1. The molecule has 1 amide bonds. The van der Waals surface area contributed by atoms with Crippen LogP contribution in [0.5, 0.6) is 5.75 Å². The quantitative estimate of drug-likeness (QED) is 0.416. The molecule has 1 fully saturated rings. The largest absolute Gasteiger partial charge is 0.516 e. The summed E-state index contributed by atoms with van der Waals surface area (Å²) in [5.41, 5.74) is 2.12. The van der Waals surface area contributed by atoms with E-state index in [-0.39, 0.29) is 6.09 Å². The zero-order chi connectivity index (χ0) is 21.6. The minimum atomic E-state index is -0.456. The molecule has 1 aliphatic heterocycles. The van der Waals surface area contributed by atoms with Gasteiger partial charge in [-0.2, -0.15) is 4.79 Å². The Morgan fingerprint density at radius 1 is 1.03 bits per heavy atom. The van der Waals surface area contributed by atoms with Crippen LogP contribution >= 0.6 is 0 Å². The number of carbonyl (C=O) groups is 1. The minimum Gasteiger partial charge on any atom is -0.493 e. The van der Waals surface area contributed by atoms with Gasteiger partial charge in [-0.1, -0.05) is 42.5 Å². The van der Waals surface area contributed by atoms with Gasteiger partial charge in [0.25, 0.3) is 0 Å². The van der Waals surface area contributed by atoms with Crippen LogP contribution in [0, 0.1) is 0 Å². The third-order valence-electron chi connectivity index (χ3n) is 5.92. The van der Waals surface area contributed by atoms with Gasteiger partial charge in [-0.25, -0.2) is 4.48 Å². The summed E-state index contributed by atoms with van der Waals surface area (Å²) in [6.07, 6.45) is 3.81. The van der Waals surface area contributed by atoms with Gasteiger partial charge >= 0.3 is 6.09 Å². The number of quaternary nitrogens is 1. The van der Waals surface area contributed by atoms with Crippen molar-refractivity contribution in [3.8, 4) is 5.75 Å². The maximum atomic E-state index is 13.0. The van der Waals surface area contributed by atoms with Crippen molar-refractivity contribution < 1.29 is 18.8 Å². The van der Waals surface area contributed by atoms with Gasteiger partial charge in [-0.15, -0.1) is 0 Å². The third-order valence-corrected chi connectivity index (χ3v) is 5.92. The fourth-order valence-corrected chi connectivity index (χ4v) is 4.26. The molecule has 2 atom stereocenters. The van der Waals surface area contributed by atoms with Crippen molar-refractivity contribution in [2.24, 2.45) is 0 Å². The summed E-state index contributed by atoms with van der Waals surface area (Å²) in [7, 11) is 0. The van der Waals surface area contributed by atoms with Crippen LogP contribution in [-0.4, -0.2) is 41.9 Å². The SMILES string of the molecule is C[C@@H]1CCC[N+]1(CCCOc1ccc(Cc2ccccc2)cc1)C(=O)OC(C)(C)C.